The van der Waals surface area contributed by atoms with Gasteiger partial charge in [0.15, 0.2) is 5.03 Å². The highest BCUT2D eigenvalue weighted by Gasteiger charge is 2.15. The van der Waals surface area contributed by atoms with Gasteiger partial charge in [-0.1, -0.05) is 59.8 Å². The summed E-state index contributed by atoms with van der Waals surface area (Å²) in [5, 5.41) is 19.9. The summed E-state index contributed by atoms with van der Waals surface area (Å²) in [5.74, 6) is -0.465. The molecule has 0 spiro atoms. The van der Waals surface area contributed by atoms with E-state index in [2.05, 4.69) is 15.4 Å². The number of hydrogen-bond acceptors (Lipinski definition) is 4. The van der Waals surface area contributed by atoms with Gasteiger partial charge in [0.2, 0.25) is 5.69 Å². The highest BCUT2D eigenvalue weighted by Crippen LogP contribution is 2.26. The molecule has 0 aliphatic rings. The third-order valence-electron chi connectivity index (χ3n) is 3.23. The number of aromatic carboxylic acids is 1. The molecular formula is C16H12ClN3O2S. The van der Waals surface area contributed by atoms with Crippen LogP contribution in [0.5, 0.6) is 0 Å². The standard InChI is InChI=1S/C16H12ClN3O2S/c17-13-7-5-12(6-8-13)11-3-1-10(2-4-11)9-23-15-14(16(21)22)18-20-19-15/h1-8H,9H2,(H,21,22)(H,18,19,20). The number of nitrogens with zero attached hydrogens (tertiary/aromatic N) is 2. The molecule has 0 saturated heterocycles. The van der Waals surface area contributed by atoms with E-state index in [1.807, 2.05) is 48.5 Å². The molecule has 1 aromatic heterocycles. The molecule has 2 N–H and O–H groups in total. The molecule has 0 radical (unpaired) electrons. The van der Waals surface area contributed by atoms with Crippen molar-refractivity contribution in [3.63, 3.8) is 0 Å². The van der Waals surface area contributed by atoms with Crippen LogP contribution in [0.1, 0.15) is 16.1 Å². The van der Waals surface area contributed by atoms with Gasteiger partial charge in [-0.2, -0.15) is 5.21 Å². The van der Waals surface area contributed by atoms with Gasteiger partial charge in [0.05, 0.1) is 0 Å². The predicted octanol–water partition coefficient (Wildman–Crippen LogP) is 4.12. The SMILES string of the molecule is O=C(O)c1n[nH]nc1SCc1ccc(-c2ccc(Cl)cc2)cc1. The summed E-state index contributed by atoms with van der Waals surface area (Å²) in [7, 11) is 0. The number of carboxylic acid groups (broad SMARTS) is 1. The molecule has 3 rings (SSSR count). The number of aromatic nitrogens is 3. The average Bonchev–Trinajstić information content (AvgIpc) is 3.03. The van der Waals surface area contributed by atoms with E-state index in [9.17, 15) is 4.79 Å². The van der Waals surface area contributed by atoms with Gasteiger partial charge in [-0.25, -0.2) is 4.79 Å². The first-order chi connectivity index (χ1) is 11.1. The molecule has 0 aliphatic carbocycles. The van der Waals surface area contributed by atoms with E-state index in [0.717, 1.165) is 16.7 Å². The van der Waals surface area contributed by atoms with Crippen molar-refractivity contribution in [2.45, 2.75) is 10.8 Å². The fourth-order valence-corrected chi connectivity index (χ4v) is 3.05. The van der Waals surface area contributed by atoms with E-state index in [0.29, 0.717) is 15.8 Å². The number of aromatic amines is 1. The summed E-state index contributed by atoms with van der Waals surface area (Å²) in [6.45, 7) is 0. The number of carboxylic acids is 1. The fraction of sp³-hybridized carbons (Fsp3) is 0.0625. The molecule has 5 nitrogen and oxygen atoms in total. The van der Waals surface area contributed by atoms with Crippen LogP contribution < -0.4 is 0 Å². The molecule has 3 aromatic rings. The zero-order valence-corrected chi connectivity index (χ0v) is 13.4. The van der Waals surface area contributed by atoms with Crippen LogP contribution in [0.2, 0.25) is 5.02 Å². The summed E-state index contributed by atoms with van der Waals surface area (Å²) in [5.41, 5.74) is 3.22. The second-order valence-corrected chi connectivity index (χ2v) is 6.18. The number of hydrogen-bond donors (Lipinski definition) is 2. The number of thioether (sulfide) groups is 1. The Hall–Kier alpha value is -2.31. The van der Waals surface area contributed by atoms with Crippen LogP contribution in [-0.4, -0.2) is 26.5 Å². The van der Waals surface area contributed by atoms with Crippen LogP contribution in [0.15, 0.2) is 53.6 Å². The third kappa shape index (κ3) is 3.72. The normalized spacial score (nSPS) is 10.7. The molecular weight excluding hydrogens is 334 g/mol. The number of carbonyl (C=O) groups is 1. The quantitative estimate of drug-likeness (QED) is 0.680. The van der Waals surface area contributed by atoms with Gasteiger partial charge in [0.25, 0.3) is 0 Å². The lowest BCUT2D eigenvalue weighted by molar-refractivity contribution is 0.0686. The van der Waals surface area contributed by atoms with E-state index in [1.165, 1.54) is 11.8 Å². The topological polar surface area (TPSA) is 78.9 Å². The number of halogens is 1. The van der Waals surface area contributed by atoms with Crippen molar-refractivity contribution >= 4 is 29.3 Å². The Morgan fingerprint density at radius 1 is 1.04 bits per heavy atom. The van der Waals surface area contributed by atoms with Crippen LogP contribution >= 0.6 is 23.4 Å². The lowest BCUT2D eigenvalue weighted by Gasteiger charge is -2.04. The van der Waals surface area contributed by atoms with Gasteiger partial charge < -0.3 is 5.11 Å². The van der Waals surface area contributed by atoms with Crippen LogP contribution in [0.3, 0.4) is 0 Å². The van der Waals surface area contributed by atoms with E-state index in [-0.39, 0.29) is 5.69 Å². The molecule has 1 heterocycles. The second-order valence-electron chi connectivity index (χ2n) is 4.78. The van der Waals surface area contributed by atoms with Crippen LogP contribution in [-0.2, 0) is 5.75 Å². The maximum Gasteiger partial charge on any atom is 0.359 e. The molecule has 0 amide bonds. The highest BCUT2D eigenvalue weighted by atomic mass is 35.5. The van der Waals surface area contributed by atoms with Gasteiger partial charge >= 0.3 is 5.97 Å². The smallest absolute Gasteiger partial charge is 0.359 e. The van der Waals surface area contributed by atoms with E-state index >= 15 is 0 Å². The average molecular weight is 346 g/mol. The first-order valence-electron chi connectivity index (χ1n) is 6.75. The Morgan fingerprint density at radius 2 is 1.65 bits per heavy atom. The summed E-state index contributed by atoms with van der Waals surface area (Å²) < 4.78 is 0. The minimum absolute atomic E-state index is 0.0483. The van der Waals surface area contributed by atoms with Gasteiger partial charge in [0, 0.05) is 10.8 Å². The lowest BCUT2D eigenvalue weighted by Crippen LogP contribution is -1.98. The van der Waals surface area contributed by atoms with Crippen molar-refractivity contribution in [3.8, 4) is 11.1 Å². The number of H-pyrrole nitrogens is 1. The predicted molar refractivity (Wildman–Crippen MR) is 89.8 cm³/mol. The Bertz CT molecular complexity index is 816. The maximum atomic E-state index is 11.0. The highest BCUT2D eigenvalue weighted by molar-refractivity contribution is 7.98. The van der Waals surface area contributed by atoms with Crippen LogP contribution in [0.4, 0.5) is 0 Å². The summed E-state index contributed by atoms with van der Waals surface area (Å²) in [6.07, 6.45) is 0. The molecule has 0 unspecified atom stereocenters. The van der Waals surface area contributed by atoms with Crippen molar-refractivity contribution in [3.05, 3.63) is 64.8 Å². The van der Waals surface area contributed by atoms with E-state index < -0.39 is 5.97 Å². The first-order valence-corrected chi connectivity index (χ1v) is 8.11. The monoisotopic (exact) mass is 345 g/mol. The zero-order valence-electron chi connectivity index (χ0n) is 11.9. The summed E-state index contributed by atoms with van der Waals surface area (Å²) in [6, 6.07) is 15.7. The lowest BCUT2D eigenvalue weighted by atomic mass is 10.0. The number of nitrogens with one attached hydrogen (secondary N) is 1. The summed E-state index contributed by atoms with van der Waals surface area (Å²) in [4.78, 5) is 11.0. The van der Waals surface area contributed by atoms with Gasteiger partial charge in [0.1, 0.15) is 0 Å². The van der Waals surface area contributed by atoms with Crippen molar-refractivity contribution in [2.75, 3.05) is 0 Å². The van der Waals surface area contributed by atoms with Crippen molar-refractivity contribution < 1.29 is 9.90 Å². The molecule has 0 atom stereocenters. The number of rotatable bonds is 5. The molecule has 116 valence electrons. The molecule has 0 saturated carbocycles. The minimum atomic E-state index is -1.08. The van der Waals surface area contributed by atoms with E-state index in [1.54, 1.807) is 0 Å². The maximum absolute atomic E-state index is 11.0. The van der Waals surface area contributed by atoms with E-state index in [4.69, 9.17) is 16.7 Å². The van der Waals surface area contributed by atoms with Gasteiger partial charge in [-0.05, 0) is 28.8 Å². The molecule has 0 fully saturated rings. The largest absolute Gasteiger partial charge is 0.476 e. The number of benzene rings is 2. The van der Waals surface area contributed by atoms with Gasteiger partial charge in [-0.3, -0.25) is 0 Å². The molecule has 23 heavy (non-hydrogen) atoms. The Kier molecular flexibility index (Phi) is 4.64. The first kappa shape index (κ1) is 15.6. The van der Waals surface area contributed by atoms with Crippen LogP contribution in [0, 0.1) is 0 Å². The Balaban J connectivity index is 1.69. The Labute approximate surface area is 141 Å². The Morgan fingerprint density at radius 3 is 2.26 bits per heavy atom. The molecule has 2 aromatic carbocycles. The summed E-state index contributed by atoms with van der Waals surface area (Å²) >= 11 is 7.23. The third-order valence-corrected chi connectivity index (χ3v) is 4.51. The molecule has 0 bridgehead atoms. The van der Waals surface area contributed by atoms with Crippen molar-refractivity contribution in [1.29, 1.82) is 0 Å². The molecule has 7 heteroatoms. The zero-order chi connectivity index (χ0) is 16.2. The van der Waals surface area contributed by atoms with Crippen molar-refractivity contribution in [2.24, 2.45) is 0 Å². The van der Waals surface area contributed by atoms with Gasteiger partial charge in [-0.15, -0.1) is 10.2 Å². The second kappa shape index (κ2) is 6.85. The fourth-order valence-electron chi connectivity index (χ4n) is 2.05. The van der Waals surface area contributed by atoms with Crippen LogP contribution in [0.25, 0.3) is 11.1 Å². The molecule has 0 aliphatic heterocycles. The minimum Gasteiger partial charge on any atom is -0.476 e. The van der Waals surface area contributed by atoms with Crippen molar-refractivity contribution in [1.82, 2.24) is 15.4 Å².